The van der Waals surface area contributed by atoms with Gasteiger partial charge in [0, 0.05) is 27.5 Å². The van der Waals surface area contributed by atoms with Gasteiger partial charge in [-0.05, 0) is 79.1 Å². The number of carbonyl (C=O) groups is 5. The van der Waals surface area contributed by atoms with E-state index in [1.165, 1.54) is 48.5 Å². The molecule has 0 atom stereocenters. The van der Waals surface area contributed by atoms with Crippen LogP contribution in [0.3, 0.4) is 0 Å². The van der Waals surface area contributed by atoms with E-state index in [4.69, 9.17) is 22.1 Å². The summed E-state index contributed by atoms with van der Waals surface area (Å²) in [5.74, 6) is -6.01. The summed E-state index contributed by atoms with van der Waals surface area (Å²) >= 11 is 6.00. The minimum absolute atomic E-state index is 0.0714. The van der Waals surface area contributed by atoms with Gasteiger partial charge in [0.2, 0.25) is 17.8 Å². The van der Waals surface area contributed by atoms with Crippen molar-refractivity contribution in [3.05, 3.63) is 94.5 Å². The number of carboxylic acid groups (broad SMARTS) is 1. The Morgan fingerprint density at radius 2 is 1.45 bits per heavy atom. The van der Waals surface area contributed by atoms with Crippen molar-refractivity contribution < 1.29 is 47.0 Å². The SMILES string of the molecule is NC(=O)c1ccc(NC(=O)C(=O)NC/C(=N/C(=O)c2ccc(Nc3nc(NC4(c5ccc(Cl)cc5)CC4)nc(OCC(F)(F)F)n3)cc2)C(=O)O)cc1. The van der Waals surface area contributed by atoms with Crippen molar-refractivity contribution >= 4 is 70.2 Å². The van der Waals surface area contributed by atoms with Crippen LogP contribution in [-0.2, 0) is 19.9 Å². The Morgan fingerprint density at radius 3 is 2.04 bits per heavy atom. The maximum absolute atomic E-state index is 12.9. The second-order valence-electron chi connectivity index (χ2n) is 11.3. The number of carboxylic acids is 1. The normalized spacial score (nSPS) is 13.3. The highest BCUT2D eigenvalue weighted by Crippen LogP contribution is 2.48. The van der Waals surface area contributed by atoms with Crippen molar-refractivity contribution in [2.45, 2.75) is 24.6 Å². The number of rotatable bonds is 13. The Bertz CT molecular complexity index is 2080. The number of nitrogens with zero attached hydrogens (tertiary/aromatic N) is 4. The van der Waals surface area contributed by atoms with Crippen LogP contribution in [0.1, 0.15) is 39.1 Å². The Morgan fingerprint density at radius 1 is 0.849 bits per heavy atom. The first kappa shape index (κ1) is 37.6. The summed E-state index contributed by atoms with van der Waals surface area (Å²) < 4.78 is 43.5. The third-order valence-corrected chi connectivity index (χ3v) is 7.65. The van der Waals surface area contributed by atoms with E-state index in [1.54, 1.807) is 12.1 Å². The Labute approximate surface area is 302 Å². The molecule has 7 N–H and O–H groups in total. The van der Waals surface area contributed by atoms with Crippen LogP contribution in [0.2, 0.25) is 5.02 Å². The Kier molecular flexibility index (Phi) is 11.2. The third-order valence-electron chi connectivity index (χ3n) is 7.40. The van der Waals surface area contributed by atoms with Crippen LogP contribution in [0.15, 0.2) is 77.8 Å². The molecule has 4 aromatic rings. The predicted octanol–water partition coefficient (Wildman–Crippen LogP) is 3.83. The molecule has 0 aliphatic heterocycles. The molecule has 0 unspecified atom stereocenters. The van der Waals surface area contributed by atoms with E-state index in [0.717, 1.165) is 5.56 Å². The molecular formula is C33H27ClF3N9O7. The molecule has 0 radical (unpaired) electrons. The average molecular weight is 754 g/mol. The van der Waals surface area contributed by atoms with E-state index in [9.17, 15) is 42.3 Å². The topological polar surface area (TPSA) is 240 Å². The monoisotopic (exact) mass is 753 g/mol. The van der Waals surface area contributed by atoms with E-state index in [0.29, 0.717) is 17.9 Å². The highest BCUT2D eigenvalue weighted by molar-refractivity contribution is 6.42. The third kappa shape index (κ3) is 10.4. The molecule has 1 aromatic heterocycles. The minimum atomic E-state index is -4.66. The fraction of sp³-hybridized carbons (Fsp3) is 0.182. The molecule has 1 aliphatic rings. The Hall–Kier alpha value is -6.63. The molecule has 20 heteroatoms. The van der Waals surface area contributed by atoms with Gasteiger partial charge in [0.25, 0.3) is 5.91 Å². The summed E-state index contributed by atoms with van der Waals surface area (Å²) in [5.41, 5.74) is 5.16. The molecule has 1 aliphatic carbocycles. The molecule has 274 valence electrons. The molecule has 0 bridgehead atoms. The maximum atomic E-state index is 12.9. The fourth-order valence-electron chi connectivity index (χ4n) is 4.60. The number of carbonyl (C=O) groups excluding carboxylic acids is 4. The lowest BCUT2D eigenvalue weighted by molar-refractivity contribution is -0.154. The van der Waals surface area contributed by atoms with Gasteiger partial charge < -0.3 is 36.8 Å². The van der Waals surface area contributed by atoms with Gasteiger partial charge in [0.05, 0.1) is 12.1 Å². The molecule has 1 fully saturated rings. The number of ether oxygens (including phenoxy) is 1. The number of anilines is 4. The van der Waals surface area contributed by atoms with Gasteiger partial charge in [-0.15, -0.1) is 0 Å². The molecule has 3 aromatic carbocycles. The van der Waals surface area contributed by atoms with E-state index < -0.39 is 66.2 Å². The highest BCUT2D eigenvalue weighted by Gasteiger charge is 2.45. The molecule has 1 heterocycles. The summed E-state index contributed by atoms with van der Waals surface area (Å²) in [4.78, 5) is 75.9. The standard InChI is InChI=1S/C33H27ClF3N9O7/c34-20-7-5-19(6-8-20)32(13-14-32)46-30-43-29(44-31(45-30)53-16-33(35,36)37)41-22-11-3-18(4-12-22)25(48)42-23(28(51)52)15-39-26(49)27(50)40-21-9-1-17(2-10-21)24(38)47/h1-12H,13-16H2,(H2,38,47)(H,39,49)(H,40,50)(H,51,52)(H2,41,43,44,45,46)/b42-23-. The van der Waals surface area contributed by atoms with Crippen LogP contribution in [-0.4, -0.2) is 74.7 Å². The van der Waals surface area contributed by atoms with Gasteiger partial charge in [-0.2, -0.15) is 28.1 Å². The van der Waals surface area contributed by atoms with Crippen molar-refractivity contribution in [3.63, 3.8) is 0 Å². The van der Waals surface area contributed by atoms with Crippen LogP contribution in [0.25, 0.3) is 0 Å². The van der Waals surface area contributed by atoms with Crippen LogP contribution < -0.4 is 31.7 Å². The lowest BCUT2D eigenvalue weighted by atomic mass is 10.1. The number of aliphatic imine (C=N–C) groups is 1. The van der Waals surface area contributed by atoms with E-state index in [2.05, 4.69) is 41.2 Å². The zero-order chi connectivity index (χ0) is 38.3. The first-order valence-corrected chi connectivity index (χ1v) is 15.7. The first-order chi connectivity index (χ1) is 25.1. The van der Waals surface area contributed by atoms with Crippen molar-refractivity contribution in [2.24, 2.45) is 10.7 Å². The number of halogens is 4. The number of aliphatic carboxylic acids is 1. The summed E-state index contributed by atoms with van der Waals surface area (Å²) in [6.07, 6.45) is -3.30. The van der Waals surface area contributed by atoms with Crippen LogP contribution in [0, 0.1) is 0 Å². The first-order valence-electron chi connectivity index (χ1n) is 15.3. The van der Waals surface area contributed by atoms with E-state index >= 15 is 0 Å². The molecule has 16 nitrogen and oxygen atoms in total. The zero-order valence-corrected chi connectivity index (χ0v) is 27.8. The minimum Gasteiger partial charge on any atom is -0.477 e. The largest absolute Gasteiger partial charge is 0.477 e. The molecule has 0 spiro atoms. The quantitative estimate of drug-likeness (QED) is 0.0844. The highest BCUT2D eigenvalue weighted by atomic mass is 35.5. The zero-order valence-electron chi connectivity index (χ0n) is 27.0. The summed E-state index contributed by atoms with van der Waals surface area (Å²) in [6.45, 7) is -2.44. The number of primary amides is 1. The van der Waals surface area contributed by atoms with E-state index in [1.807, 2.05) is 12.1 Å². The van der Waals surface area contributed by atoms with Crippen molar-refractivity contribution in [3.8, 4) is 6.01 Å². The maximum Gasteiger partial charge on any atom is 0.422 e. The number of hydrogen-bond donors (Lipinski definition) is 6. The smallest absolute Gasteiger partial charge is 0.422 e. The number of benzene rings is 3. The fourth-order valence-corrected chi connectivity index (χ4v) is 4.72. The molecule has 1 saturated carbocycles. The predicted molar refractivity (Wildman–Crippen MR) is 183 cm³/mol. The summed E-state index contributed by atoms with van der Waals surface area (Å²) in [7, 11) is 0. The molecular weight excluding hydrogens is 727 g/mol. The lowest BCUT2D eigenvalue weighted by Crippen LogP contribution is -2.40. The van der Waals surface area contributed by atoms with Crippen molar-refractivity contribution in [1.29, 1.82) is 0 Å². The van der Waals surface area contributed by atoms with Gasteiger partial charge >= 0.3 is 30.0 Å². The van der Waals surface area contributed by atoms with Gasteiger partial charge in [0.15, 0.2) is 6.61 Å². The second kappa shape index (κ2) is 15.7. The Balaban J connectivity index is 1.24. The molecule has 4 amide bonds. The molecule has 5 rings (SSSR count). The van der Waals surface area contributed by atoms with Crippen LogP contribution in [0.5, 0.6) is 6.01 Å². The number of hydrogen-bond acceptors (Lipinski definition) is 11. The van der Waals surface area contributed by atoms with Crippen LogP contribution in [0.4, 0.5) is 36.4 Å². The van der Waals surface area contributed by atoms with Gasteiger partial charge in [0.1, 0.15) is 5.71 Å². The number of nitrogens with one attached hydrogen (secondary N) is 4. The average Bonchev–Trinajstić information content (AvgIpc) is 3.89. The lowest BCUT2D eigenvalue weighted by Gasteiger charge is -2.19. The van der Waals surface area contributed by atoms with E-state index in [-0.39, 0.29) is 34.4 Å². The van der Waals surface area contributed by atoms with Crippen LogP contribution >= 0.6 is 11.6 Å². The van der Waals surface area contributed by atoms with Gasteiger partial charge in [-0.3, -0.25) is 19.2 Å². The number of alkyl halides is 3. The summed E-state index contributed by atoms with van der Waals surface area (Å²) in [5, 5.41) is 20.3. The summed E-state index contributed by atoms with van der Waals surface area (Å²) in [6, 6.07) is 17.0. The number of nitrogens with two attached hydrogens (primary N) is 1. The van der Waals surface area contributed by atoms with Crippen molar-refractivity contribution in [2.75, 3.05) is 29.1 Å². The number of amides is 4. The van der Waals surface area contributed by atoms with Crippen molar-refractivity contribution in [1.82, 2.24) is 20.3 Å². The second-order valence-corrected chi connectivity index (χ2v) is 11.8. The molecule has 0 saturated heterocycles. The number of aromatic nitrogens is 3. The van der Waals surface area contributed by atoms with Gasteiger partial charge in [-0.25, -0.2) is 9.79 Å². The molecule has 53 heavy (non-hydrogen) atoms. The van der Waals surface area contributed by atoms with Gasteiger partial charge in [-0.1, -0.05) is 23.7 Å².